The minimum atomic E-state index is 0.307. The summed E-state index contributed by atoms with van der Waals surface area (Å²) in [6, 6.07) is 13.3. The number of amides is 1. The lowest BCUT2D eigenvalue weighted by atomic mass is 9.75. The number of hydrogen-bond donors (Lipinski definition) is 0. The number of piperidine rings is 3. The molecular formula is C24H29N3O2. The zero-order valence-corrected chi connectivity index (χ0v) is 17.0. The Morgan fingerprint density at radius 2 is 1.79 bits per heavy atom. The fraction of sp³-hybridized carbons (Fsp3) is 0.500. The number of pyridine rings is 1. The molecule has 6 rings (SSSR count). The molecule has 0 radical (unpaired) electrons. The van der Waals surface area contributed by atoms with E-state index in [1.807, 2.05) is 12.1 Å². The standard InChI is InChI=1S/C24H29N3O2/c1-29-20-5-3-18(4-6-20)21-16-27(22(28)7-2-17-8-12-25-13-9-17)23-19-10-14-26(15-11-19)24(21)23/h3-6,8-9,12-13,19,21,23-24H,2,7,10-11,14-16H2,1H3/t21-,23+,24+/m0/s1. The molecule has 29 heavy (non-hydrogen) atoms. The van der Waals surface area contributed by atoms with Gasteiger partial charge in [-0.15, -0.1) is 0 Å². The number of ether oxygens (including phenoxy) is 1. The number of benzene rings is 1. The van der Waals surface area contributed by atoms with E-state index >= 15 is 0 Å². The van der Waals surface area contributed by atoms with E-state index in [4.69, 9.17) is 4.74 Å². The van der Waals surface area contributed by atoms with Crippen LogP contribution in [0.25, 0.3) is 0 Å². The van der Waals surface area contributed by atoms with Crippen LogP contribution in [0.5, 0.6) is 5.75 Å². The SMILES string of the molecule is COc1ccc([C@@H]2CN(C(=O)CCc3ccncc3)[C@@H]3C4CCN(CC4)[C@@H]32)cc1. The van der Waals surface area contributed by atoms with Crippen molar-refractivity contribution in [1.82, 2.24) is 14.8 Å². The number of nitrogens with zero attached hydrogens (tertiary/aromatic N) is 3. The van der Waals surface area contributed by atoms with E-state index < -0.39 is 0 Å². The second-order valence-electron chi connectivity index (χ2n) is 8.64. The number of methoxy groups -OCH3 is 1. The van der Waals surface area contributed by atoms with Crippen LogP contribution in [-0.2, 0) is 11.2 Å². The van der Waals surface area contributed by atoms with Crippen molar-refractivity contribution >= 4 is 5.91 Å². The molecule has 0 unspecified atom stereocenters. The van der Waals surface area contributed by atoms with Crippen molar-refractivity contribution in [2.75, 3.05) is 26.7 Å². The second-order valence-corrected chi connectivity index (χ2v) is 8.64. The number of carbonyl (C=O) groups is 1. The zero-order valence-electron chi connectivity index (χ0n) is 17.0. The highest BCUT2D eigenvalue weighted by Gasteiger charge is 2.54. The van der Waals surface area contributed by atoms with Gasteiger partial charge >= 0.3 is 0 Å². The Balaban J connectivity index is 1.38. The Morgan fingerprint density at radius 1 is 1.07 bits per heavy atom. The first-order valence-corrected chi connectivity index (χ1v) is 10.8. The van der Waals surface area contributed by atoms with Gasteiger partial charge < -0.3 is 9.64 Å². The number of likely N-dealkylation sites (tertiary alicyclic amines) is 1. The molecule has 4 aliphatic rings. The van der Waals surface area contributed by atoms with E-state index in [-0.39, 0.29) is 0 Å². The maximum absolute atomic E-state index is 13.3. The Hall–Kier alpha value is -2.40. The van der Waals surface area contributed by atoms with Crippen LogP contribution >= 0.6 is 0 Å². The number of aromatic nitrogens is 1. The predicted molar refractivity (Wildman–Crippen MR) is 112 cm³/mol. The van der Waals surface area contributed by atoms with Crippen molar-refractivity contribution in [2.24, 2.45) is 5.92 Å². The summed E-state index contributed by atoms with van der Waals surface area (Å²) < 4.78 is 5.34. The Labute approximate surface area is 172 Å². The smallest absolute Gasteiger partial charge is 0.223 e. The number of rotatable bonds is 5. The summed E-state index contributed by atoms with van der Waals surface area (Å²) in [5.41, 5.74) is 2.52. The van der Waals surface area contributed by atoms with Gasteiger partial charge in [-0.2, -0.15) is 0 Å². The molecular weight excluding hydrogens is 362 g/mol. The summed E-state index contributed by atoms with van der Waals surface area (Å²) in [7, 11) is 1.70. The lowest BCUT2D eigenvalue weighted by Crippen LogP contribution is -2.60. The summed E-state index contributed by atoms with van der Waals surface area (Å²) in [5, 5.41) is 0. The van der Waals surface area contributed by atoms with Crippen LogP contribution in [0.1, 0.15) is 36.3 Å². The lowest BCUT2D eigenvalue weighted by molar-refractivity contribution is -0.135. The Kier molecular flexibility index (Phi) is 5.00. The number of fused-ring (bicyclic) bond motifs is 2. The van der Waals surface area contributed by atoms with Crippen molar-refractivity contribution in [1.29, 1.82) is 0 Å². The van der Waals surface area contributed by atoms with Gasteiger partial charge in [0.25, 0.3) is 0 Å². The molecule has 0 N–H and O–H groups in total. The molecule has 152 valence electrons. The predicted octanol–water partition coefficient (Wildman–Crippen LogP) is 3.11. The monoisotopic (exact) mass is 391 g/mol. The average Bonchev–Trinajstić information content (AvgIpc) is 3.22. The van der Waals surface area contributed by atoms with E-state index in [1.165, 1.54) is 37.1 Å². The second kappa shape index (κ2) is 7.79. The average molecular weight is 392 g/mol. The normalized spacial score (nSPS) is 30.2. The highest BCUT2D eigenvalue weighted by atomic mass is 16.5. The molecule has 1 amide bonds. The topological polar surface area (TPSA) is 45.7 Å². The van der Waals surface area contributed by atoms with Gasteiger partial charge in [-0.1, -0.05) is 12.1 Å². The van der Waals surface area contributed by atoms with Crippen LogP contribution < -0.4 is 4.74 Å². The number of hydrogen-bond acceptors (Lipinski definition) is 4. The first-order chi connectivity index (χ1) is 14.2. The van der Waals surface area contributed by atoms with Gasteiger partial charge in [0.05, 0.1) is 13.2 Å². The molecule has 4 saturated heterocycles. The van der Waals surface area contributed by atoms with Gasteiger partial charge in [0.1, 0.15) is 5.75 Å². The molecule has 0 spiro atoms. The summed E-state index contributed by atoms with van der Waals surface area (Å²) >= 11 is 0. The van der Waals surface area contributed by atoms with E-state index in [2.05, 4.69) is 39.0 Å². The molecule has 4 aliphatic heterocycles. The zero-order chi connectivity index (χ0) is 19.8. The van der Waals surface area contributed by atoms with E-state index in [0.29, 0.717) is 36.2 Å². The lowest BCUT2D eigenvalue weighted by Gasteiger charge is -2.51. The van der Waals surface area contributed by atoms with Crippen LogP contribution in [-0.4, -0.2) is 59.5 Å². The first kappa shape index (κ1) is 18.6. The fourth-order valence-corrected chi connectivity index (χ4v) is 5.79. The van der Waals surface area contributed by atoms with Crippen LogP contribution in [0.15, 0.2) is 48.8 Å². The molecule has 0 saturated carbocycles. The van der Waals surface area contributed by atoms with Gasteiger partial charge in [-0.05, 0) is 73.7 Å². The summed E-state index contributed by atoms with van der Waals surface area (Å²) in [5.74, 6) is 2.23. The quantitative estimate of drug-likeness (QED) is 0.786. The molecule has 5 nitrogen and oxygen atoms in total. The maximum atomic E-state index is 13.3. The third kappa shape index (κ3) is 3.42. The third-order valence-electron chi connectivity index (χ3n) is 7.24. The van der Waals surface area contributed by atoms with Gasteiger partial charge in [-0.25, -0.2) is 0 Å². The van der Waals surface area contributed by atoms with Gasteiger partial charge in [-0.3, -0.25) is 14.7 Å². The maximum Gasteiger partial charge on any atom is 0.223 e. The largest absolute Gasteiger partial charge is 0.497 e. The van der Waals surface area contributed by atoms with Gasteiger partial charge in [0.2, 0.25) is 5.91 Å². The van der Waals surface area contributed by atoms with Crippen LogP contribution in [0.2, 0.25) is 0 Å². The summed E-state index contributed by atoms with van der Waals surface area (Å²) in [6.07, 6.45) is 7.43. The molecule has 5 heterocycles. The van der Waals surface area contributed by atoms with E-state index in [1.54, 1.807) is 19.5 Å². The van der Waals surface area contributed by atoms with Gasteiger partial charge in [0, 0.05) is 37.3 Å². The minimum absolute atomic E-state index is 0.307. The summed E-state index contributed by atoms with van der Waals surface area (Å²) in [4.78, 5) is 22.3. The Morgan fingerprint density at radius 3 is 2.48 bits per heavy atom. The fourth-order valence-electron chi connectivity index (χ4n) is 5.79. The van der Waals surface area contributed by atoms with E-state index in [9.17, 15) is 4.79 Å². The van der Waals surface area contributed by atoms with Crippen molar-refractivity contribution in [2.45, 2.75) is 43.7 Å². The Bertz CT molecular complexity index is 846. The molecule has 1 aromatic heterocycles. The molecule has 1 aromatic carbocycles. The van der Waals surface area contributed by atoms with Crippen LogP contribution in [0, 0.1) is 5.92 Å². The molecule has 2 bridgehead atoms. The first-order valence-electron chi connectivity index (χ1n) is 10.8. The van der Waals surface area contributed by atoms with Gasteiger partial charge in [0.15, 0.2) is 0 Å². The molecule has 5 heteroatoms. The summed E-state index contributed by atoms with van der Waals surface area (Å²) in [6.45, 7) is 3.19. The molecule has 0 aliphatic carbocycles. The van der Waals surface area contributed by atoms with Crippen molar-refractivity contribution in [3.05, 3.63) is 59.9 Å². The highest BCUT2D eigenvalue weighted by molar-refractivity contribution is 5.77. The van der Waals surface area contributed by atoms with Crippen molar-refractivity contribution in [3.8, 4) is 5.75 Å². The molecule has 4 fully saturated rings. The van der Waals surface area contributed by atoms with Crippen molar-refractivity contribution < 1.29 is 9.53 Å². The minimum Gasteiger partial charge on any atom is -0.497 e. The third-order valence-corrected chi connectivity index (χ3v) is 7.24. The van der Waals surface area contributed by atoms with Crippen LogP contribution in [0.3, 0.4) is 0 Å². The van der Waals surface area contributed by atoms with Crippen LogP contribution in [0.4, 0.5) is 0 Å². The van der Waals surface area contributed by atoms with E-state index in [0.717, 1.165) is 18.7 Å². The highest BCUT2D eigenvalue weighted by Crippen LogP contribution is 2.46. The number of aryl methyl sites for hydroxylation is 1. The van der Waals surface area contributed by atoms with Crippen molar-refractivity contribution in [3.63, 3.8) is 0 Å². The molecule has 2 aromatic rings. The molecule has 3 atom stereocenters. The number of carbonyl (C=O) groups excluding carboxylic acids is 1.